The molecule has 3 aromatic heterocycles. The van der Waals surface area contributed by atoms with Crippen LogP contribution in [0.1, 0.15) is 37.0 Å². The maximum absolute atomic E-state index is 13.2. The number of amides is 2. The minimum absolute atomic E-state index is 0.295. The minimum atomic E-state index is -0.641. The second-order valence-electron chi connectivity index (χ2n) is 7.31. The topological polar surface area (TPSA) is 138 Å². The van der Waals surface area contributed by atoms with Crippen molar-refractivity contribution < 1.29 is 18.6 Å². The summed E-state index contributed by atoms with van der Waals surface area (Å²) in [5.74, 6) is 0.301. The molecule has 1 aliphatic heterocycles. The Hall–Kier alpha value is -4.08. The van der Waals surface area contributed by atoms with E-state index in [4.69, 9.17) is 9.05 Å². The summed E-state index contributed by atoms with van der Waals surface area (Å²) >= 11 is 0. The van der Waals surface area contributed by atoms with Gasteiger partial charge in [-0.3, -0.25) is 9.59 Å². The predicted molar refractivity (Wildman–Crippen MR) is 112 cm³/mol. The third-order valence-electron chi connectivity index (χ3n) is 4.92. The summed E-state index contributed by atoms with van der Waals surface area (Å²) in [6.07, 6.45) is 1.75. The molecule has 0 aromatic carbocycles. The monoisotopic (exact) mass is 422 g/mol. The van der Waals surface area contributed by atoms with Crippen molar-refractivity contribution in [1.82, 2.24) is 20.6 Å². The van der Waals surface area contributed by atoms with Gasteiger partial charge in [-0.25, -0.2) is 0 Å². The number of H-pyrrole nitrogens is 1. The first-order valence-corrected chi connectivity index (χ1v) is 9.64. The summed E-state index contributed by atoms with van der Waals surface area (Å²) in [6.45, 7) is 7.05. The highest BCUT2D eigenvalue weighted by atomic mass is 16.5. The van der Waals surface area contributed by atoms with Crippen molar-refractivity contribution in [3.63, 3.8) is 0 Å². The van der Waals surface area contributed by atoms with E-state index in [1.807, 2.05) is 12.1 Å². The van der Waals surface area contributed by atoms with Crippen LogP contribution >= 0.6 is 0 Å². The summed E-state index contributed by atoms with van der Waals surface area (Å²) in [7, 11) is 0. The van der Waals surface area contributed by atoms with Gasteiger partial charge in [0.2, 0.25) is 0 Å². The largest absolute Gasteiger partial charge is 0.364 e. The van der Waals surface area contributed by atoms with E-state index in [-0.39, 0.29) is 0 Å². The van der Waals surface area contributed by atoms with E-state index in [0.29, 0.717) is 51.4 Å². The molecule has 4 heterocycles. The van der Waals surface area contributed by atoms with Crippen LogP contribution in [0.5, 0.6) is 0 Å². The highest BCUT2D eigenvalue weighted by Crippen LogP contribution is 2.38. The van der Waals surface area contributed by atoms with Gasteiger partial charge in [0.15, 0.2) is 11.6 Å². The van der Waals surface area contributed by atoms with Gasteiger partial charge in [-0.05, 0) is 39.8 Å². The molecule has 0 atom stereocenters. The Balaban J connectivity index is 1.71. The minimum Gasteiger partial charge on any atom is -0.364 e. The van der Waals surface area contributed by atoms with E-state index < -0.39 is 17.7 Å². The maximum Gasteiger partial charge on any atom is 0.255 e. The van der Waals surface area contributed by atoms with Gasteiger partial charge in [-0.15, -0.1) is 0 Å². The SMILES string of the molecule is CC1=C(C(=O)Nc2cc(C)on2)C(c2ccc[nH]2)C(C(=O)Nc2cc(C)on2)=C(C)N1. The van der Waals surface area contributed by atoms with Gasteiger partial charge in [-0.2, -0.15) is 0 Å². The highest BCUT2D eigenvalue weighted by Gasteiger charge is 2.37. The molecule has 0 radical (unpaired) electrons. The number of nitrogens with one attached hydrogen (secondary N) is 4. The van der Waals surface area contributed by atoms with E-state index in [0.717, 1.165) is 0 Å². The highest BCUT2D eigenvalue weighted by molar-refractivity contribution is 6.11. The number of aromatic amines is 1. The van der Waals surface area contributed by atoms with E-state index in [9.17, 15) is 9.59 Å². The zero-order chi connectivity index (χ0) is 22.1. The van der Waals surface area contributed by atoms with Crippen LogP contribution in [0.4, 0.5) is 11.6 Å². The number of carbonyl (C=O) groups is 2. The zero-order valence-electron chi connectivity index (χ0n) is 17.5. The Bertz CT molecular complexity index is 1120. The first-order chi connectivity index (χ1) is 14.8. The molecule has 1 aliphatic rings. The molecule has 0 spiro atoms. The predicted octanol–water partition coefficient (Wildman–Crippen LogP) is 3.12. The van der Waals surface area contributed by atoms with Crippen LogP contribution in [0, 0.1) is 13.8 Å². The Morgan fingerprint density at radius 3 is 1.81 bits per heavy atom. The smallest absolute Gasteiger partial charge is 0.255 e. The second-order valence-corrected chi connectivity index (χ2v) is 7.31. The lowest BCUT2D eigenvalue weighted by atomic mass is 9.82. The van der Waals surface area contributed by atoms with Crippen molar-refractivity contribution in [3.05, 3.63) is 70.2 Å². The molecular weight excluding hydrogens is 400 g/mol. The molecule has 0 saturated heterocycles. The quantitative estimate of drug-likeness (QED) is 0.495. The Morgan fingerprint density at radius 2 is 1.42 bits per heavy atom. The van der Waals surface area contributed by atoms with Crippen LogP contribution in [0.25, 0.3) is 0 Å². The van der Waals surface area contributed by atoms with E-state index in [2.05, 4.69) is 31.2 Å². The molecule has 0 saturated carbocycles. The number of dihydropyridines is 1. The number of carbonyl (C=O) groups excluding carboxylic acids is 2. The summed E-state index contributed by atoms with van der Waals surface area (Å²) in [5.41, 5.74) is 2.72. The van der Waals surface area contributed by atoms with Crippen molar-refractivity contribution in [1.29, 1.82) is 0 Å². The molecule has 10 nitrogen and oxygen atoms in total. The summed E-state index contributed by atoms with van der Waals surface area (Å²) in [5, 5.41) is 16.3. The van der Waals surface area contributed by atoms with Gasteiger partial charge in [-0.1, -0.05) is 10.3 Å². The number of anilines is 2. The number of hydrogen-bond donors (Lipinski definition) is 4. The van der Waals surface area contributed by atoms with Crippen LogP contribution < -0.4 is 16.0 Å². The fourth-order valence-corrected chi connectivity index (χ4v) is 3.65. The molecule has 0 aliphatic carbocycles. The standard InChI is InChI=1S/C21H22N6O4/c1-10-8-15(26-30-10)24-20(28)17-12(3)23-13(4)18(19(17)14-6-5-7-22-14)21(29)25-16-9-11(2)31-27-16/h5-9,19,22-23H,1-4H3,(H,24,26,28)(H,25,27,29). The van der Waals surface area contributed by atoms with Gasteiger partial charge in [0.1, 0.15) is 11.5 Å². The lowest BCUT2D eigenvalue weighted by Crippen LogP contribution is -2.35. The number of aromatic nitrogens is 3. The summed E-state index contributed by atoms with van der Waals surface area (Å²) in [6, 6.07) is 6.89. The van der Waals surface area contributed by atoms with E-state index >= 15 is 0 Å². The first-order valence-electron chi connectivity index (χ1n) is 9.64. The van der Waals surface area contributed by atoms with Crippen LogP contribution in [0.3, 0.4) is 0 Å². The third-order valence-corrected chi connectivity index (χ3v) is 4.92. The van der Waals surface area contributed by atoms with E-state index in [1.54, 1.807) is 46.0 Å². The number of nitrogens with zero attached hydrogens (tertiary/aromatic N) is 2. The van der Waals surface area contributed by atoms with Gasteiger partial charge < -0.3 is 30.0 Å². The number of allylic oxidation sites excluding steroid dienone is 2. The molecule has 0 bridgehead atoms. The lowest BCUT2D eigenvalue weighted by Gasteiger charge is -2.30. The Labute approximate surface area is 177 Å². The molecular formula is C21H22N6O4. The molecule has 160 valence electrons. The van der Waals surface area contributed by atoms with Crippen molar-refractivity contribution in [2.24, 2.45) is 0 Å². The zero-order valence-corrected chi connectivity index (χ0v) is 17.5. The number of hydrogen-bond acceptors (Lipinski definition) is 7. The van der Waals surface area contributed by atoms with Gasteiger partial charge in [0.05, 0.1) is 5.92 Å². The molecule has 0 fully saturated rings. The molecule has 4 rings (SSSR count). The molecule has 3 aromatic rings. The van der Waals surface area contributed by atoms with Gasteiger partial charge >= 0.3 is 0 Å². The molecule has 2 amide bonds. The fraction of sp³-hybridized carbons (Fsp3) is 0.238. The van der Waals surface area contributed by atoms with E-state index in [1.165, 1.54) is 0 Å². The van der Waals surface area contributed by atoms with Crippen molar-refractivity contribution >= 4 is 23.5 Å². The number of aryl methyl sites for hydroxylation is 2. The van der Waals surface area contributed by atoms with Gasteiger partial charge in [0, 0.05) is 46.6 Å². The second kappa shape index (κ2) is 7.98. The molecule has 4 N–H and O–H groups in total. The maximum atomic E-state index is 13.2. The Morgan fingerprint density at radius 1 is 0.903 bits per heavy atom. The van der Waals surface area contributed by atoms with Crippen LogP contribution in [-0.2, 0) is 9.59 Å². The molecule has 0 unspecified atom stereocenters. The Kier molecular flexibility index (Phi) is 5.20. The summed E-state index contributed by atoms with van der Waals surface area (Å²) < 4.78 is 10.1. The average Bonchev–Trinajstić information content (AvgIpc) is 3.44. The average molecular weight is 422 g/mol. The lowest BCUT2D eigenvalue weighted by molar-refractivity contribution is -0.113. The number of rotatable bonds is 5. The van der Waals surface area contributed by atoms with Gasteiger partial charge in [0.25, 0.3) is 11.8 Å². The molecule has 31 heavy (non-hydrogen) atoms. The summed E-state index contributed by atoms with van der Waals surface area (Å²) in [4.78, 5) is 29.6. The van der Waals surface area contributed by atoms with Crippen LogP contribution in [0.2, 0.25) is 0 Å². The first kappa shape index (κ1) is 20.2. The van der Waals surface area contributed by atoms with Crippen molar-refractivity contribution in [2.45, 2.75) is 33.6 Å². The van der Waals surface area contributed by atoms with Crippen molar-refractivity contribution in [3.8, 4) is 0 Å². The van der Waals surface area contributed by atoms with Crippen LogP contribution in [-0.4, -0.2) is 27.1 Å². The van der Waals surface area contributed by atoms with Crippen LogP contribution in [0.15, 0.2) is 62.0 Å². The normalized spacial score (nSPS) is 14.6. The van der Waals surface area contributed by atoms with Crippen molar-refractivity contribution in [2.75, 3.05) is 10.6 Å². The molecule has 10 heteroatoms. The fourth-order valence-electron chi connectivity index (χ4n) is 3.65. The third kappa shape index (κ3) is 4.00.